The number of nitrogens with one attached hydrogen (secondary N) is 1. The molecule has 2 heteroatoms. The van der Waals surface area contributed by atoms with E-state index >= 15 is 0 Å². The summed E-state index contributed by atoms with van der Waals surface area (Å²) in [6.07, 6.45) is 4.92. The van der Waals surface area contributed by atoms with Crippen molar-refractivity contribution in [2.75, 3.05) is 6.54 Å². The molecule has 0 amide bonds. The summed E-state index contributed by atoms with van der Waals surface area (Å²) in [7, 11) is 0. The van der Waals surface area contributed by atoms with E-state index in [-0.39, 0.29) is 0 Å². The number of hydrogen-bond acceptors (Lipinski definition) is 1. The van der Waals surface area contributed by atoms with Gasteiger partial charge in [-0.3, -0.25) is 0 Å². The van der Waals surface area contributed by atoms with E-state index in [0.29, 0.717) is 6.04 Å². The Morgan fingerprint density at radius 1 is 1.10 bits per heavy atom. The van der Waals surface area contributed by atoms with E-state index in [0.717, 1.165) is 13.0 Å². The number of benzene rings is 2. The highest BCUT2D eigenvalue weighted by Crippen LogP contribution is 2.27. The molecule has 0 aromatic heterocycles. The molecule has 0 spiro atoms. The van der Waals surface area contributed by atoms with Gasteiger partial charge < -0.3 is 5.32 Å². The van der Waals surface area contributed by atoms with Crippen molar-refractivity contribution in [1.29, 1.82) is 0 Å². The molecule has 0 bridgehead atoms. The van der Waals surface area contributed by atoms with Crippen LogP contribution in [0.25, 0.3) is 0 Å². The largest absolute Gasteiger partial charge is 0.310 e. The van der Waals surface area contributed by atoms with Gasteiger partial charge in [-0.15, -0.1) is 0 Å². The van der Waals surface area contributed by atoms with Crippen LogP contribution in [-0.2, 0) is 19.3 Å². The van der Waals surface area contributed by atoms with E-state index in [1.807, 2.05) is 0 Å². The Hall–Kier alpha value is -0.870. The Kier molecular flexibility index (Phi) is 4.96. The van der Waals surface area contributed by atoms with Gasteiger partial charge in [-0.05, 0) is 83.1 Å². The van der Waals surface area contributed by atoms with E-state index in [1.165, 1.54) is 34.0 Å². The highest BCUT2D eigenvalue weighted by Gasteiger charge is 2.16. The summed E-state index contributed by atoms with van der Waals surface area (Å²) in [4.78, 5) is 0. The third-order valence-corrected chi connectivity index (χ3v) is 5.32. The summed E-state index contributed by atoms with van der Waals surface area (Å²) in [6, 6.07) is 16.2. The lowest BCUT2D eigenvalue weighted by Crippen LogP contribution is -2.23. The summed E-state index contributed by atoms with van der Waals surface area (Å²) in [5, 5.41) is 3.65. The van der Waals surface area contributed by atoms with E-state index < -0.39 is 0 Å². The van der Waals surface area contributed by atoms with Crippen LogP contribution < -0.4 is 5.32 Å². The Bertz CT molecular complexity index is 621. The second-order valence-electron chi connectivity index (χ2n) is 5.79. The molecule has 0 fully saturated rings. The van der Waals surface area contributed by atoms with Gasteiger partial charge in [0.25, 0.3) is 0 Å². The number of likely N-dealkylation sites (N-methyl/N-ethyl adjacent to an activating group) is 1. The maximum absolute atomic E-state index is 3.65. The molecule has 3 rings (SSSR count). The van der Waals surface area contributed by atoms with Crippen LogP contribution >= 0.6 is 22.6 Å². The number of rotatable bonds is 5. The van der Waals surface area contributed by atoms with Gasteiger partial charge in [-0.25, -0.2) is 0 Å². The smallest absolute Gasteiger partial charge is 0.0371 e. The van der Waals surface area contributed by atoms with Crippen molar-refractivity contribution in [3.8, 4) is 0 Å². The number of aryl methyl sites for hydroxylation is 2. The molecule has 2 aromatic rings. The van der Waals surface area contributed by atoms with Crippen molar-refractivity contribution in [3.05, 3.63) is 68.3 Å². The highest BCUT2D eigenvalue weighted by atomic mass is 127. The Morgan fingerprint density at radius 2 is 1.90 bits per heavy atom. The maximum Gasteiger partial charge on any atom is 0.0371 e. The topological polar surface area (TPSA) is 12.0 Å². The Labute approximate surface area is 141 Å². The molecule has 1 nitrogen and oxygen atoms in total. The molecule has 1 aliphatic rings. The first-order valence-electron chi connectivity index (χ1n) is 7.86. The van der Waals surface area contributed by atoms with E-state index in [2.05, 4.69) is 77.3 Å². The quantitative estimate of drug-likeness (QED) is 0.731. The normalized spacial score (nSPS) is 15.0. The van der Waals surface area contributed by atoms with Gasteiger partial charge in [0.2, 0.25) is 0 Å². The second-order valence-corrected chi connectivity index (χ2v) is 6.95. The summed E-state index contributed by atoms with van der Waals surface area (Å²) in [5.74, 6) is 0. The molecular weight excluding hydrogens is 369 g/mol. The minimum Gasteiger partial charge on any atom is -0.310 e. The van der Waals surface area contributed by atoms with E-state index in [4.69, 9.17) is 0 Å². The lowest BCUT2D eigenvalue weighted by atomic mass is 9.96. The first-order valence-corrected chi connectivity index (χ1v) is 8.94. The maximum atomic E-state index is 3.65. The molecule has 1 aliphatic carbocycles. The monoisotopic (exact) mass is 391 g/mol. The molecule has 21 heavy (non-hydrogen) atoms. The third kappa shape index (κ3) is 3.49. The fourth-order valence-corrected chi connectivity index (χ4v) is 4.05. The molecule has 1 atom stereocenters. The molecule has 110 valence electrons. The summed E-state index contributed by atoms with van der Waals surface area (Å²) in [5.41, 5.74) is 6.01. The van der Waals surface area contributed by atoms with Gasteiger partial charge in [-0.1, -0.05) is 43.3 Å². The Morgan fingerprint density at radius 3 is 2.71 bits per heavy atom. The average molecular weight is 391 g/mol. The molecular formula is C19H22IN. The van der Waals surface area contributed by atoms with Crippen LogP contribution in [0.5, 0.6) is 0 Å². The minimum absolute atomic E-state index is 0.405. The molecule has 0 radical (unpaired) electrons. The third-order valence-electron chi connectivity index (χ3n) is 4.33. The van der Waals surface area contributed by atoms with Gasteiger partial charge in [0.1, 0.15) is 0 Å². The number of fused-ring (bicyclic) bond motifs is 1. The zero-order chi connectivity index (χ0) is 14.7. The van der Waals surface area contributed by atoms with Crippen LogP contribution in [0.2, 0.25) is 0 Å². The van der Waals surface area contributed by atoms with Gasteiger partial charge >= 0.3 is 0 Å². The van der Waals surface area contributed by atoms with Crippen LogP contribution in [-0.4, -0.2) is 6.54 Å². The lowest BCUT2D eigenvalue weighted by molar-refractivity contribution is 0.547. The number of hydrogen-bond donors (Lipinski definition) is 1. The van der Waals surface area contributed by atoms with Crippen LogP contribution in [0, 0.1) is 3.57 Å². The zero-order valence-electron chi connectivity index (χ0n) is 12.5. The predicted octanol–water partition coefficient (Wildman–Crippen LogP) is 4.67. The van der Waals surface area contributed by atoms with E-state index in [9.17, 15) is 0 Å². The van der Waals surface area contributed by atoms with Crippen molar-refractivity contribution in [2.24, 2.45) is 0 Å². The summed E-state index contributed by atoms with van der Waals surface area (Å²) < 4.78 is 1.35. The van der Waals surface area contributed by atoms with Crippen molar-refractivity contribution < 1.29 is 0 Å². The van der Waals surface area contributed by atoms with Gasteiger partial charge in [-0.2, -0.15) is 0 Å². The van der Waals surface area contributed by atoms with Gasteiger partial charge in [0, 0.05) is 9.61 Å². The summed E-state index contributed by atoms with van der Waals surface area (Å²) >= 11 is 2.45. The van der Waals surface area contributed by atoms with Crippen LogP contribution in [0.15, 0.2) is 42.5 Å². The first kappa shape index (κ1) is 15.0. The van der Waals surface area contributed by atoms with Crippen molar-refractivity contribution in [2.45, 2.75) is 38.6 Å². The molecule has 0 saturated carbocycles. The molecule has 0 heterocycles. The van der Waals surface area contributed by atoms with Crippen molar-refractivity contribution in [3.63, 3.8) is 0 Å². The number of halogens is 1. The SMILES string of the molecule is CCNC(Cc1ccc2c(c1)CCC2)c1ccccc1I. The lowest BCUT2D eigenvalue weighted by Gasteiger charge is -2.20. The second kappa shape index (κ2) is 6.93. The molecule has 0 aliphatic heterocycles. The zero-order valence-corrected chi connectivity index (χ0v) is 14.7. The van der Waals surface area contributed by atoms with Crippen LogP contribution in [0.4, 0.5) is 0 Å². The van der Waals surface area contributed by atoms with Crippen molar-refractivity contribution in [1.82, 2.24) is 5.32 Å². The Balaban J connectivity index is 1.84. The van der Waals surface area contributed by atoms with Crippen molar-refractivity contribution >= 4 is 22.6 Å². The minimum atomic E-state index is 0.405. The molecule has 1 N–H and O–H groups in total. The molecule has 0 saturated heterocycles. The van der Waals surface area contributed by atoms with Gasteiger partial charge in [0.05, 0.1) is 0 Å². The van der Waals surface area contributed by atoms with Crippen LogP contribution in [0.1, 0.15) is 41.6 Å². The molecule has 2 aromatic carbocycles. The fraction of sp³-hybridized carbons (Fsp3) is 0.368. The molecule has 1 unspecified atom stereocenters. The summed E-state index contributed by atoms with van der Waals surface area (Å²) in [6.45, 7) is 3.19. The van der Waals surface area contributed by atoms with Crippen LogP contribution in [0.3, 0.4) is 0 Å². The predicted molar refractivity (Wildman–Crippen MR) is 97.7 cm³/mol. The van der Waals surface area contributed by atoms with E-state index in [1.54, 1.807) is 11.1 Å². The van der Waals surface area contributed by atoms with Gasteiger partial charge in [0.15, 0.2) is 0 Å². The average Bonchev–Trinajstić information content (AvgIpc) is 2.95. The first-order chi connectivity index (χ1) is 10.3. The highest BCUT2D eigenvalue weighted by molar-refractivity contribution is 14.1. The standard InChI is InChI=1S/C19H22IN/c1-2-21-19(17-8-3-4-9-18(17)20)13-14-10-11-15-6-5-7-16(15)12-14/h3-4,8-12,19,21H,2,5-7,13H2,1H3. The fourth-order valence-electron chi connectivity index (χ4n) is 3.28.